The monoisotopic (exact) mass is 798 g/mol. The van der Waals surface area contributed by atoms with Gasteiger partial charge in [-0.05, 0) is 139 Å². The fraction of sp³-hybridized carbons (Fsp3) is 0.419. The lowest BCUT2D eigenvalue weighted by atomic mass is 9.81. The standard InChI is InChI=1S/C43H53Cl2O8P/c1-23-15-25(3)36(46)29(16-23)30-17-24(2)33(26(4)37(30)47)22-43(11,12)52-40(48)51-38-31(18-27(49-13)20-34(38)41(5,6)7)32-19-28(50-14)21-35(42(8,9)10)39(32)53-54(44)45/h15-21,46-47H,22H2,1-14H3. The molecular weight excluding hydrogens is 746 g/mol. The molecule has 0 aliphatic rings. The van der Waals surface area contributed by atoms with Gasteiger partial charge in [0.15, 0.2) is 0 Å². The summed E-state index contributed by atoms with van der Waals surface area (Å²) in [6.45, 7) is 21.4. The van der Waals surface area contributed by atoms with E-state index < -0.39 is 29.4 Å². The highest BCUT2D eigenvalue weighted by atomic mass is 35.9. The van der Waals surface area contributed by atoms with Crippen molar-refractivity contribution in [3.05, 3.63) is 81.4 Å². The van der Waals surface area contributed by atoms with Crippen molar-refractivity contribution in [2.75, 3.05) is 14.2 Å². The zero-order chi connectivity index (χ0) is 40.7. The highest BCUT2D eigenvalue weighted by Crippen LogP contribution is 2.55. The highest BCUT2D eigenvalue weighted by Gasteiger charge is 2.33. The van der Waals surface area contributed by atoms with Gasteiger partial charge in [-0.25, -0.2) is 4.79 Å². The van der Waals surface area contributed by atoms with Crippen molar-refractivity contribution in [2.45, 2.75) is 106 Å². The Bertz CT molecular complexity index is 2060. The molecule has 0 bridgehead atoms. The minimum absolute atomic E-state index is 0.0514. The maximum absolute atomic E-state index is 14.0. The number of methoxy groups -OCH3 is 2. The average molecular weight is 800 g/mol. The van der Waals surface area contributed by atoms with Crippen LogP contribution >= 0.6 is 29.3 Å². The number of phenols is 2. The highest BCUT2D eigenvalue weighted by molar-refractivity contribution is 8.00. The molecule has 0 aliphatic carbocycles. The molecular formula is C43H53Cl2O8P. The predicted molar refractivity (Wildman–Crippen MR) is 221 cm³/mol. The van der Waals surface area contributed by atoms with E-state index in [0.717, 1.165) is 27.8 Å². The summed E-state index contributed by atoms with van der Waals surface area (Å²) in [4.78, 5) is 14.0. The molecule has 4 rings (SSSR count). The van der Waals surface area contributed by atoms with Crippen LogP contribution in [0.5, 0.6) is 34.5 Å². The Morgan fingerprint density at radius 2 is 1.17 bits per heavy atom. The van der Waals surface area contributed by atoms with Crippen molar-refractivity contribution in [3.8, 4) is 56.8 Å². The molecule has 8 nitrogen and oxygen atoms in total. The second-order valence-electron chi connectivity index (χ2n) is 16.5. The zero-order valence-corrected chi connectivity index (χ0v) is 36.2. The maximum atomic E-state index is 14.0. The van der Waals surface area contributed by atoms with Crippen molar-refractivity contribution < 1.29 is 38.5 Å². The Morgan fingerprint density at radius 3 is 1.67 bits per heavy atom. The Labute approximate surface area is 331 Å². The van der Waals surface area contributed by atoms with E-state index in [2.05, 4.69) is 0 Å². The predicted octanol–water partition coefficient (Wildman–Crippen LogP) is 12.9. The second kappa shape index (κ2) is 16.1. The Morgan fingerprint density at radius 1 is 0.667 bits per heavy atom. The summed E-state index contributed by atoms with van der Waals surface area (Å²) in [5, 5.41) is 22.3. The molecule has 0 amide bonds. The van der Waals surface area contributed by atoms with Crippen molar-refractivity contribution in [2.24, 2.45) is 0 Å². The average Bonchev–Trinajstić information content (AvgIpc) is 3.05. The molecule has 2 N–H and O–H groups in total. The Balaban J connectivity index is 1.82. The van der Waals surface area contributed by atoms with Gasteiger partial charge in [-0.3, -0.25) is 0 Å². The summed E-state index contributed by atoms with van der Waals surface area (Å²) < 4.78 is 30.0. The van der Waals surface area contributed by atoms with Crippen molar-refractivity contribution >= 4 is 35.5 Å². The normalized spacial score (nSPS) is 12.2. The summed E-state index contributed by atoms with van der Waals surface area (Å²) in [5.41, 5.74) is 5.55. The molecule has 0 aromatic heterocycles. The van der Waals surface area contributed by atoms with E-state index in [0.29, 0.717) is 50.6 Å². The van der Waals surface area contributed by atoms with Gasteiger partial charge < -0.3 is 33.7 Å². The lowest BCUT2D eigenvalue weighted by Gasteiger charge is -2.30. The van der Waals surface area contributed by atoms with Crippen molar-refractivity contribution in [1.82, 2.24) is 0 Å². The van der Waals surface area contributed by atoms with Gasteiger partial charge in [0.1, 0.15) is 40.1 Å². The third-order valence-corrected chi connectivity index (χ3v) is 10.2. The van der Waals surface area contributed by atoms with E-state index in [-0.39, 0.29) is 23.7 Å². The van der Waals surface area contributed by atoms with Crippen LogP contribution in [-0.2, 0) is 22.0 Å². The molecule has 0 saturated carbocycles. The first kappa shape index (κ1) is 42.9. The smallest absolute Gasteiger partial charge is 0.507 e. The van der Waals surface area contributed by atoms with Crippen molar-refractivity contribution in [3.63, 3.8) is 0 Å². The first-order chi connectivity index (χ1) is 24.9. The van der Waals surface area contributed by atoms with E-state index in [1.807, 2.05) is 99.6 Å². The van der Waals surface area contributed by atoms with Crippen LogP contribution in [0.4, 0.5) is 4.79 Å². The first-order valence-corrected chi connectivity index (χ1v) is 20.7. The van der Waals surface area contributed by atoms with Crippen molar-refractivity contribution in [1.29, 1.82) is 0 Å². The molecule has 54 heavy (non-hydrogen) atoms. The number of hydrogen-bond acceptors (Lipinski definition) is 8. The van der Waals surface area contributed by atoms with Crippen LogP contribution in [0.3, 0.4) is 0 Å². The molecule has 0 fully saturated rings. The number of hydrogen-bond donors (Lipinski definition) is 2. The summed E-state index contributed by atoms with van der Waals surface area (Å²) in [5.74, 6) is 1.93. The van der Waals surface area contributed by atoms with Crippen LogP contribution in [0, 0.1) is 27.7 Å². The van der Waals surface area contributed by atoms with Gasteiger partial charge in [0, 0.05) is 39.8 Å². The molecule has 0 heterocycles. The van der Waals surface area contributed by atoms with Gasteiger partial charge in [-0.15, -0.1) is 0 Å². The first-order valence-electron chi connectivity index (χ1n) is 17.7. The molecule has 4 aromatic carbocycles. The van der Waals surface area contributed by atoms with Crippen LogP contribution < -0.4 is 18.7 Å². The third kappa shape index (κ3) is 9.50. The molecule has 0 spiro atoms. The van der Waals surface area contributed by atoms with E-state index in [1.165, 1.54) is 0 Å². The van der Waals surface area contributed by atoms with Crippen LogP contribution in [0.25, 0.3) is 22.3 Å². The number of phenolic OH excluding ortho intramolecular Hbond substituents is 2. The number of aromatic hydroxyl groups is 2. The largest absolute Gasteiger partial charge is 0.514 e. The Kier molecular flexibility index (Phi) is 12.8. The number of carbonyl (C=O) groups is 1. The van der Waals surface area contributed by atoms with E-state index >= 15 is 0 Å². The third-order valence-electron chi connectivity index (χ3n) is 9.45. The maximum Gasteiger partial charge on any atom is 0.514 e. The molecule has 0 radical (unpaired) electrons. The lowest BCUT2D eigenvalue weighted by molar-refractivity contribution is 0.00914. The minimum Gasteiger partial charge on any atom is -0.507 e. The topological polar surface area (TPSA) is 104 Å². The van der Waals surface area contributed by atoms with Gasteiger partial charge in [-0.2, -0.15) is 0 Å². The molecule has 11 heteroatoms. The number of halogens is 2. The molecule has 4 aromatic rings. The van der Waals surface area contributed by atoms with Gasteiger partial charge in [0.25, 0.3) is 6.85 Å². The zero-order valence-electron chi connectivity index (χ0n) is 33.8. The molecule has 292 valence electrons. The fourth-order valence-corrected chi connectivity index (χ4v) is 7.43. The molecule has 0 saturated heterocycles. The van der Waals surface area contributed by atoms with Gasteiger partial charge in [0.2, 0.25) is 0 Å². The number of ether oxygens (including phenoxy) is 4. The number of rotatable bonds is 10. The quantitative estimate of drug-likeness (QED) is 0.0928. The number of carbonyl (C=O) groups excluding carboxylic acids is 1. The minimum atomic E-state index is -1.89. The van der Waals surface area contributed by atoms with Crippen LogP contribution in [0.15, 0.2) is 42.5 Å². The van der Waals surface area contributed by atoms with E-state index in [4.69, 9.17) is 46.0 Å². The van der Waals surface area contributed by atoms with Crippen LogP contribution in [0.2, 0.25) is 0 Å². The molecule has 0 aliphatic heterocycles. The SMILES string of the molecule is COc1cc(-c2cc(OC)cc(C(C)(C)C)c2OP(Cl)Cl)c(OC(=O)OC(C)(C)Cc2c(C)cc(-c3cc(C)cc(C)c3O)c(O)c2C)c(C(C)(C)C)c1. The lowest BCUT2D eigenvalue weighted by Crippen LogP contribution is -2.33. The number of benzene rings is 4. The van der Waals surface area contributed by atoms with Crippen LogP contribution in [-0.4, -0.2) is 36.2 Å². The molecule has 0 atom stereocenters. The summed E-state index contributed by atoms with van der Waals surface area (Å²) >= 11 is 12.6. The van der Waals surface area contributed by atoms with Gasteiger partial charge in [-0.1, -0.05) is 47.6 Å². The number of aryl methyl sites for hydroxylation is 3. The van der Waals surface area contributed by atoms with Gasteiger partial charge >= 0.3 is 6.16 Å². The molecule has 0 unspecified atom stereocenters. The fourth-order valence-electron chi connectivity index (χ4n) is 6.68. The van der Waals surface area contributed by atoms with Gasteiger partial charge in [0.05, 0.1) is 14.2 Å². The van der Waals surface area contributed by atoms with Crippen LogP contribution in [0.1, 0.15) is 94.3 Å². The second-order valence-corrected chi connectivity index (χ2v) is 19.4. The van der Waals surface area contributed by atoms with E-state index in [1.54, 1.807) is 40.2 Å². The summed E-state index contributed by atoms with van der Waals surface area (Å²) in [6.07, 6.45) is -0.655. The Hall–Kier alpha value is -3.84. The summed E-state index contributed by atoms with van der Waals surface area (Å²) in [7, 11) is 3.15. The summed E-state index contributed by atoms with van der Waals surface area (Å²) in [6, 6.07) is 12.9. The van der Waals surface area contributed by atoms with E-state index in [9.17, 15) is 15.0 Å².